The molecule has 0 aliphatic rings. The molecule has 27 heavy (non-hydrogen) atoms. The van der Waals surface area contributed by atoms with Crippen molar-refractivity contribution in [3.05, 3.63) is 64.3 Å². The van der Waals surface area contributed by atoms with Gasteiger partial charge in [-0.15, -0.1) is 0 Å². The summed E-state index contributed by atoms with van der Waals surface area (Å²) in [6.07, 6.45) is 1.88. The molecule has 3 rings (SSSR count). The summed E-state index contributed by atoms with van der Waals surface area (Å²) in [4.78, 5) is 4.53. The topological polar surface area (TPSA) is 70.0 Å². The van der Waals surface area contributed by atoms with E-state index in [1.54, 1.807) is 13.2 Å². The predicted molar refractivity (Wildman–Crippen MR) is 109 cm³/mol. The molecule has 0 aliphatic carbocycles. The quantitative estimate of drug-likeness (QED) is 0.632. The maximum absolute atomic E-state index is 9.26. The van der Waals surface area contributed by atoms with E-state index in [0.717, 1.165) is 34.3 Å². The van der Waals surface area contributed by atoms with Crippen LogP contribution in [0.5, 0.6) is 5.75 Å². The van der Waals surface area contributed by atoms with E-state index in [1.807, 2.05) is 36.5 Å². The number of ether oxygens (including phenoxy) is 1. The predicted octanol–water partition coefficient (Wildman–Crippen LogP) is 4.49. The molecule has 2 aromatic carbocycles. The van der Waals surface area contributed by atoms with Crippen LogP contribution in [-0.4, -0.2) is 18.6 Å². The van der Waals surface area contributed by atoms with Gasteiger partial charge in [-0.3, -0.25) is 4.98 Å². The first-order chi connectivity index (χ1) is 13.2. The van der Waals surface area contributed by atoms with Crippen LogP contribution in [0, 0.1) is 11.3 Å². The number of pyridine rings is 1. The smallest absolute Gasteiger partial charge is 0.137 e. The first-order valence-electron chi connectivity index (χ1n) is 8.75. The fourth-order valence-corrected chi connectivity index (χ4v) is 3.20. The number of rotatable bonds is 7. The molecular weight excluding hydrogens is 360 g/mol. The number of anilines is 1. The lowest BCUT2D eigenvalue weighted by Crippen LogP contribution is -2.14. The number of benzene rings is 2. The van der Waals surface area contributed by atoms with Crippen LogP contribution in [0.4, 0.5) is 5.69 Å². The molecular formula is C21H21ClN4O. The highest BCUT2D eigenvalue weighted by Gasteiger charge is 2.10. The van der Waals surface area contributed by atoms with E-state index in [-0.39, 0.29) is 0 Å². The number of nitrogens with one attached hydrogen (secondary N) is 2. The Hall–Kier alpha value is -2.81. The first kappa shape index (κ1) is 19.0. The standard InChI is InChI=1S/C21H21ClN4O/c1-3-24-12-16-13-25-19-6-4-14(10-23)8-17(19)21(16)26-11-15-5-7-20(27-2)18(22)9-15/h4-9,13,24H,3,11-12H2,1-2H3,(H,25,26). The van der Waals surface area contributed by atoms with Crippen LogP contribution in [0.1, 0.15) is 23.6 Å². The third-order valence-electron chi connectivity index (χ3n) is 4.33. The summed E-state index contributed by atoms with van der Waals surface area (Å²) in [6, 6.07) is 13.5. The summed E-state index contributed by atoms with van der Waals surface area (Å²) in [6.45, 7) is 4.22. The molecule has 1 heterocycles. The molecule has 0 amide bonds. The number of nitriles is 1. The molecule has 0 atom stereocenters. The number of aromatic nitrogens is 1. The number of hydrogen-bond acceptors (Lipinski definition) is 5. The fraction of sp³-hybridized carbons (Fsp3) is 0.238. The highest BCUT2D eigenvalue weighted by Crippen LogP contribution is 2.29. The Morgan fingerprint density at radius 3 is 2.74 bits per heavy atom. The molecule has 0 spiro atoms. The molecule has 6 heteroatoms. The molecule has 3 aromatic rings. The van der Waals surface area contributed by atoms with Crippen LogP contribution in [0.3, 0.4) is 0 Å². The van der Waals surface area contributed by atoms with Gasteiger partial charge in [-0.2, -0.15) is 5.26 Å². The number of methoxy groups -OCH3 is 1. The lowest BCUT2D eigenvalue weighted by atomic mass is 10.1. The molecule has 0 bridgehead atoms. The van der Waals surface area contributed by atoms with Gasteiger partial charge in [0, 0.05) is 35.9 Å². The fourth-order valence-electron chi connectivity index (χ4n) is 2.92. The third-order valence-corrected chi connectivity index (χ3v) is 4.62. The zero-order valence-electron chi connectivity index (χ0n) is 15.3. The minimum atomic E-state index is 0.580. The largest absolute Gasteiger partial charge is 0.495 e. The molecule has 0 saturated heterocycles. The molecule has 2 N–H and O–H groups in total. The highest BCUT2D eigenvalue weighted by atomic mass is 35.5. The second kappa shape index (κ2) is 8.72. The van der Waals surface area contributed by atoms with Gasteiger partial charge < -0.3 is 15.4 Å². The van der Waals surface area contributed by atoms with E-state index < -0.39 is 0 Å². The van der Waals surface area contributed by atoms with Crippen LogP contribution < -0.4 is 15.4 Å². The van der Waals surface area contributed by atoms with Crippen molar-refractivity contribution < 1.29 is 4.74 Å². The molecule has 0 aliphatic heterocycles. The van der Waals surface area contributed by atoms with Crippen LogP contribution in [-0.2, 0) is 13.1 Å². The van der Waals surface area contributed by atoms with Gasteiger partial charge in [-0.25, -0.2) is 0 Å². The van der Waals surface area contributed by atoms with Crippen molar-refractivity contribution >= 4 is 28.2 Å². The lowest BCUT2D eigenvalue weighted by Gasteiger charge is -2.16. The summed E-state index contributed by atoms with van der Waals surface area (Å²) >= 11 is 6.24. The van der Waals surface area contributed by atoms with Crippen LogP contribution in [0.15, 0.2) is 42.6 Å². The van der Waals surface area contributed by atoms with Crippen molar-refractivity contribution in [3.63, 3.8) is 0 Å². The summed E-state index contributed by atoms with van der Waals surface area (Å²) in [5.41, 5.74) is 4.53. The minimum Gasteiger partial charge on any atom is -0.495 e. The Balaban J connectivity index is 1.96. The Morgan fingerprint density at radius 2 is 2.04 bits per heavy atom. The summed E-state index contributed by atoms with van der Waals surface area (Å²) < 4.78 is 5.21. The van der Waals surface area contributed by atoms with E-state index in [1.165, 1.54) is 0 Å². The number of nitrogens with zero attached hydrogens (tertiary/aromatic N) is 2. The molecule has 0 saturated carbocycles. The van der Waals surface area contributed by atoms with E-state index in [0.29, 0.717) is 29.4 Å². The van der Waals surface area contributed by atoms with E-state index in [2.05, 4.69) is 28.6 Å². The van der Waals surface area contributed by atoms with E-state index in [4.69, 9.17) is 16.3 Å². The van der Waals surface area contributed by atoms with Gasteiger partial charge in [0.1, 0.15) is 5.75 Å². The van der Waals surface area contributed by atoms with Crippen molar-refractivity contribution in [1.82, 2.24) is 10.3 Å². The van der Waals surface area contributed by atoms with E-state index >= 15 is 0 Å². The summed E-state index contributed by atoms with van der Waals surface area (Å²) in [7, 11) is 1.60. The molecule has 0 unspecified atom stereocenters. The van der Waals surface area contributed by atoms with Gasteiger partial charge in [-0.05, 0) is 42.4 Å². The highest BCUT2D eigenvalue weighted by molar-refractivity contribution is 6.32. The zero-order chi connectivity index (χ0) is 19.2. The van der Waals surface area contributed by atoms with Gasteiger partial charge in [0.2, 0.25) is 0 Å². The van der Waals surface area contributed by atoms with Crippen molar-refractivity contribution in [2.75, 3.05) is 19.0 Å². The molecule has 5 nitrogen and oxygen atoms in total. The number of hydrogen-bond donors (Lipinski definition) is 2. The van der Waals surface area contributed by atoms with Crippen molar-refractivity contribution in [2.24, 2.45) is 0 Å². The van der Waals surface area contributed by atoms with Crippen molar-refractivity contribution in [2.45, 2.75) is 20.0 Å². The Labute approximate surface area is 163 Å². The van der Waals surface area contributed by atoms with Crippen LogP contribution in [0.2, 0.25) is 5.02 Å². The zero-order valence-corrected chi connectivity index (χ0v) is 16.1. The second-order valence-corrected chi connectivity index (χ2v) is 6.51. The number of fused-ring (bicyclic) bond motifs is 1. The minimum absolute atomic E-state index is 0.580. The van der Waals surface area contributed by atoms with Crippen LogP contribution in [0.25, 0.3) is 10.9 Å². The van der Waals surface area contributed by atoms with Gasteiger partial charge in [0.25, 0.3) is 0 Å². The first-order valence-corrected chi connectivity index (χ1v) is 9.12. The van der Waals surface area contributed by atoms with Gasteiger partial charge in [0.15, 0.2) is 0 Å². The Morgan fingerprint density at radius 1 is 1.19 bits per heavy atom. The second-order valence-electron chi connectivity index (χ2n) is 6.10. The van der Waals surface area contributed by atoms with Gasteiger partial charge in [0.05, 0.1) is 29.3 Å². The average Bonchev–Trinajstić information content (AvgIpc) is 2.70. The molecule has 1 aromatic heterocycles. The normalized spacial score (nSPS) is 10.6. The third kappa shape index (κ3) is 4.30. The maximum Gasteiger partial charge on any atom is 0.137 e. The van der Waals surface area contributed by atoms with Crippen molar-refractivity contribution in [3.8, 4) is 11.8 Å². The van der Waals surface area contributed by atoms with Crippen molar-refractivity contribution in [1.29, 1.82) is 5.26 Å². The summed E-state index contributed by atoms with van der Waals surface area (Å²) in [5.74, 6) is 0.654. The van der Waals surface area contributed by atoms with Gasteiger partial charge >= 0.3 is 0 Å². The summed E-state index contributed by atoms with van der Waals surface area (Å²) in [5, 5.41) is 17.6. The monoisotopic (exact) mass is 380 g/mol. The molecule has 0 radical (unpaired) electrons. The van der Waals surface area contributed by atoms with Crippen LogP contribution >= 0.6 is 11.6 Å². The Bertz CT molecular complexity index is 997. The van der Waals surface area contributed by atoms with Gasteiger partial charge in [-0.1, -0.05) is 24.6 Å². The van der Waals surface area contributed by atoms with E-state index in [9.17, 15) is 5.26 Å². The number of halogens is 1. The Kier molecular flexibility index (Phi) is 6.12. The average molecular weight is 381 g/mol. The molecule has 0 fully saturated rings. The lowest BCUT2D eigenvalue weighted by molar-refractivity contribution is 0.415. The maximum atomic E-state index is 9.26. The SMILES string of the molecule is CCNCc1cnc2ccc(C#N)cc2c1NCc1ccc(OC)c(Cl)c1. The molecule has 138 valence electrons.